The Morgan fingerprint density at radius 1 is 1.21 bits per heavy atom. The van der Waals surface area contributed by atoms with Crippen molar-refractivity contribution in [1.82, 2.24) is 16.0 Å². The van der Waals surface area contributed by atoms with E-state index in [1.165, 1.54) is 0 Å². The fraction of sp³-hybridized carbons (Fsp3) is 0.571. The lowest BCUT2D eigenvalue weighted by Gasteiger charge is -2.36. The highest BCUT2D eigenvalue weighted by molar-refractivity contribution is 5.96. The minimum Gasteiger partial charge on any atom is -0.381 e. The SMILES string of the molecule is CN[C@@H](C)C(=O)N[C@H](C(=O)C1NC(C(N)=O)Cc2ccccc21)C1CCOCC1. The Hall–Kier alpha value is -2.29. The van der Waals surface area contributed by atoms with Gasteiger partial charge in [0.25, 0.3) is 0 Å². The summed E-state index contributed by atoms with van der Waals surface area (Å²) >= 11 is 0. The summed E-state index contributed by atoms with van der Waals surface area (Å²) in [6.45, 7) is 2.87. The van der Waals surface area contributed by atoms with Crippen LogP contribution in [0.5, 0.6) is 0 Å². The first kappa shape index (κ1) is 21.4. The number of primary amides is 1. The van der Waals surface area contributed by atoms with E-state index in [2.05, 4.69) is 16.0 Å². The summed E-state index contributed by atoms with van der Waals surface area (Å²) in [4.78, 5) is 38.1. The Kier molecular flexibility index (Phi) is 7.00. The summed E-state index contributed by atoms with van der Waals surface area (Å²) < 4.78 is 5.44. The van der Waals surface area contributed by atoms with Crippen LogP contribution in [0.1, 0.15) is 36.9 Å². The molecule has 29 heavy (non-hydrogen) atoms. The van der Waals surface area contributed by atoms with Gasteiger partial charge in [-0.05, 0) is 50.3 Å². The summed E-state index contributed by atoms with van der Waals surface area (Å²) in [7, 11) is 1.70. The molecule has 5 N–H and O–H groups in total. The fourth-order valence-corrected chi connectivity index (χ4v) is 4.05. The maximum Gasteiger partial charge on any atom is 0.237 e. The smallest absolute Gasteiger partial charge is 0.237 e. The number of fused-ring (bicyclic) bond motifs is 1. The van der Waals surface area contributed by atoms with Crippen LogP contribution in [0, 0.1) is 5.92 Å². The number of hydrogen-bond donors (Lipinski definition) is 4. The molecule has 0 aliphatic carbocycles. The Bertz CT molecular complexity index is 763. The number of nitrogens with two attached hydrogens (primary N) is 1. The van der Waals surface area contributed by atoms with Crippen molar-refractivity contribution in [2.24, 2.45) is 11.7 Å². The number of amides is 2. The molecule has 0 saturated carbocycles. The zero-order valence-electron chi connectivity index (χ0n) is 16.9. The standard InChI is InChI=1S/C21H30N4O4/c1-12(23-2)21(28)25-17(13-7-9-29-10-8-13)19(26)18-15-6-4-3-5-14(15)11-16(24-18)20(22)27/h3-6,12-13,16-18,23-24H,7-11H2,1-2H3,(H2,22,27)(H,25,28)/t12-,16?,17-,18?/m0/s1. The number of rotatable bonds is 7. The van der Waals surface area contributed by atoms with Gasteiger partial charge in [0.2, 0.25) is 11.8 Å². The van der Waals surface area contributed by atoms with E-state index in [9.17, 15) is 14.4 Å². The monoisotopic (exact) mass is 402 g/mol. The van der Waals surface area contributed by atoms with E-state index in [0.717, 1.165) is 11.1 Å². The second-order valence-electron chi connectivity index (χ2n) is 7.81. The Balaban J connectivity index is 1.91. The van der Waals surface area contributed by atoms with Crippen molar-refractivity contribution < 1.29 is 19.1 Å². The lowest BCUT2D eigenvalue weighted by atomic mass is 9.81. The van der Waals surface area contributed by atoms with E-state index >= 15 is 0 Å². The molecule has 1 saturated heterocycles. The third-order valence-electron chi connectivity index (χ3n) is 5.95. The Morgan fingerprint density at radius 2 is 1.90 bits per heavy atom. The van der Waals surface area contributed by atoms with Crippen LogP contribution >= 0.6 is 0 Å². The number of carbonyl (C=O) groups excluding carboxylic acids is 3. The van der Waals surface area contributed by atoms with Crippen molar-refractivity contribution >= 4 is 17.6 Å². The van der Waals surface area contributed by atoms with Crippen molar-refractivity contribution in [2.45, 2.75) is 50.4 Å². The molecule has 1 fully saturated rings. The number of Topliss-reactive ketones (excluding diaryl/α,β-unsaturated/α-hetero) is 1. The zero-order chi connectivity index (χ0) is 21.0. The minimum absolute atomic E-state index is 0.0211. The van der Waals surface area contributed by atoms with Gasteiger partial charge in [0, 0.05) is 13.2 Å². The molecule has 0 aromatic heterocycles. The molecule has 0 bridgehead atoms. The van der Waals surface area contributed by atoms with Crippen LogP contribution in [-0.2, 0) is 25.5 Å². The second-order valence-corrected chi connectivity index (χ2v) is 7.81. The molecule has 2 amide bonds. The number of ketones is 1. The lowest BCUT2D eigenvalue weighted by molar-refractivity contribution is -0.132. The molecule has 1 aromatic rings. The van der Waals surface area contributed by atoms with Gasteiger partial charge < -0.3 is 21.1 Å². The number of nitrogens with one attached hydrogen (secondary N) is 3. The average molecular weight is 402 g/mol. The molecule has 3 rings (SSSR count). The van der Waals surface area contributed by atoms with E-state index in [1.807, 2.05) is 24.3 Å². The van der Waals surface area contributed by atoms with Crippen LogP contribution in [-0.4, -0.2) is 56.0 Å². The molecule has 158 valence electrons. The molecule has 0 radical (unpaired) electrons. The molecule has 0 spiro atoms. The first-order valence-corrected chi connectivity index (χ1v) is 10.1. The average Bonchev–Trinajstić information content (AvgIpc) is 2.75. The normalized spacial score (nSPS) is 24.2. The van der Waals surface area contributed by atoms with E-state index in [1.54, 1.807) is 14.0 Å². The maximum atomic E-state index is 13.7. The molecule has 2 aliphatic heterocycles. The van der Waals surface area contributed by atoms with Gasteiger partial charge in [-0.2, -0.15) is 0 Å². The second kappa shape index (κ2) is 9.47. The third kappa shape index (κ3) is 4.83. The molecule has 2 unspecified atom stereocenters. The molecular weight excluding hydrogens is 372 g/mol. The van der Waals surface area contributed by atoms with E-state index in [4.69, 9.17) is 10.5 Å². The number of benzene rings is 1. The van der Waals surface area contributed by atoms with Gasteiger partial charge in [-0.15, -0.1) is 0 Å². The number of ether oxygens (including phenoxy) is 1. The minimum atomic E-state index is -0.699. The Labute approximate surface area is 170 Å². The van der Waals surface area contributed by atoms with Gasteiger partial charge in [0.1, 0.15) is 0 Å². The van der Waals surface area contributed by atoms with E-state index < -0.39 is 30.1 Å². The highest BCUT2D eigenvalue weighted by atomic mass is 16.5. The highest BCUT2D eigenvalue weighted by Gasteiger charge is 2.40. The highest BCUT2D eigenvalue weighted by Crippen LogP contribution is 2.30. The van der Waals surface area contributed by atoms with Gasteiger partial charge in [-0.1, -0.05) is 24.3 Å². The summed E-state index contributed by atoms with van der Waals surface area (Å²) in [6, 6.07) is 5.15. The number of likely N-dealkylation sites (N-methyl/N-ethyl adjacent to an activating group) is 1. The molecule has 2 aliphatic rings. The van der Waals surface area contributed by atoms with Crippen LogP contribution in [0.25, 0.3) is 0 Å². The topological polar surface area (TPSA) is 123 Å². The molecular formula is C21H30N4O4. The van der Waals surface area contributed by atoms with Gasteiger partial charge >= 0.3 is 0 Å². The van der Waals surface area contributed by atoms with Crippen molar-refractivity contribution in [3.8, 4) is 0 Å². The summed E-state index contributed by atoms with van der Waals surface area (Å²) in [5.74, 6) is -0.889. The first-order valence-electron chi connectivity index (χ1n) is 10.1. The Morgan fingerprint density at radius 3 is 2.55 bits per heavy atom. The van der Waals surface area contributed by atoms with Crippen molar-refractivity contribution in [3.63, 3.8) is 0 Å². The predicted octanol–water partition coefficient (Wildman–Crippen LogP) is -0.184. The van der Waals surface area contributed by atoms with Crippen LogP contribution in [0.3, 0.4) is 0 Å². The summed E-state index contributed by atoms with van der Waals surface area (Å²) in [6.07, 6.45) is 1.83. The molecule has 8 nitrogen and oxygen atoms in total. The zero-order valence-corrected chi connectivity index (χ0v) is 16.9. The van der Waals surface area contributed by atoms with Crippen molar-refractivity contribution in [2.75, 3.05) is 20.3 Å². The number of carbonyl (C=O) groups is 3. The van der Waals surface area contributed by atoms with E-state index in [-0.39, 0.29) is 17.6 Å². The van der Waals surface area contributed by atoms with Crippen LogP contribution < -0.4 is 21.7 Å². The molecule has 2 heterocycles. The van der Waals surface area contributed by atoms with Gasteiger partial charge in [-0.25, -0.2) is 0 Å². The molecule has 1 aromatic carbocycles. The van der Waals surface area contributed by atoms with Crippen LogP contribution in [0.15, 0.2) is 24.3 Å². The third-order valence-corrected chi connectivity index (χ3v) is 5.95. The maximum absolute atomic E-state index is 13.7. The number of hydrogen-bond acceptors (Lipinski definition) is 6. The van der Waals surface area contributed by atoms with Gasteiger partial charge in [-0.3, -0.25) is 19.7 Å². The van der Waals surface area contributed by atoms with E-state index in [0.29, 0.717) is 32.5 Å². The quantitative estimate of drug-likeness (QED) is 0.502. The predicted molar refractivity (Wildman–Crippen MR) is 108 cm³/mol. The van der Waals surface area contributed by atoms with Gasteiger partial charge in [0.05, 0.1) is 24.2 Å². The summed E-state index contributed by atoms with van der Waals surface area (Å²) in [5, 5.41) is 8.97. The van der Waals surface area contributed by atoms with Crippen LogP contribution in [0.2, 0.25) is 0 Å². The van der Waals surface area contributed by atoms with Crippen molar-refractivity contribution in [3.05, 3.63) is 35.4 Å². The first-order chi connectivity index (χ1) is 13.9. The van der Waals surface area contributed by atoms with Gasteiger partial charge in [0.15, 0.2) is 5.78 Å². The molecule has 4 atom stereocenters. The van der Waals surface area contributed by atoms with Crippen molar-refractivity contribution in [1.29, 1.82) is 0 Å². The largest absolute Gasteiger partial charge is 0.381 e. The molecule has 8 heteroatoms. The lowest BCUT2D eigenvalue weighted by Crippen LogP contribution is -2.57. The fourth-order valence-electron chi connectivity index (χ4n) is 4.05. The summed E-state index contributed by atoms with van der Waals surface area (Å²) in [5.41, 5.74) is 7.30. The van der Waals surface area contributed by atoms with Crippen LogP contribution in [0.4, 0.5) is 0 Å².